The van der Waals surface area contributed by atoms with Crippen molar-refractivity contribution in [2.75, 3.05) is 0 Å². The van der Waals surface area contributed by atoms with Crippen molar-refractivity contribution in [3.8, 4) is 0 Å². The molecule has 0 amide bonds. The highest BCUT2D eigenvalue weighted by Crippen LogP contribution is 2.34. The molecule has 19 heavy (non-hydrogen) atoms. The first-order valence-electron chi connectivity index (χ1n) is 6.43. The van der Waals surface area contributed by atoms with Crippen LogP contribution < -0.4 is 0 Å². The van der Waals surface area contributed by atoms with Crippen LogP contribution in [0.25, 0.3) is 0 Å². The van der Waals surface area contributed by atoms with Gasteiger partial charge in [0.25, 0.3) is 0 Å². The zero-order valence-electron chi connectivity index (χ0n) is 11.5. The van der Waals surface area contributed by atoms with E-state index in [-0.39, 0.29) is 0 Å². The number of halogens is 2. The first-order chi connectivity index (χ1) is 8.97. The van der Waals surface area contributed by atoms with Crippen LogP contribution in [0, 0.1) is 20.8 Å². The third-order valence-electron chi connectivity index (χ3n) is 3.39. The molecule has 100 valence electrons. The van der Waals surface area contributed by atoms with Crippen molar-refractivity contribution in [2.24, 2.45) is 0 Å². The lowest BCUT2D eigenvalue weighted by Crippen LogP contribution is -1.99. The SMILES string of the molecule is Cc1ccc(C)c(CC(Br)c2cc(C)ccc2Br)c1. The maximum absolute atomic E-state index is 3.84. The van der Waals surface area contributed by atoms with Crippen molar-refractivity contribution in [3.63, 3.8) is 0 Å². The van der Waals surface area contributed by atoms with E-state index in [4.69, 9.17) is 0 Å². The van der Waals surface area contributed by atoms with Gasteiger partial charge in [0.1, 0.15) is 0 Å². The second kappa shape index (κ2) is 6.23. The first kappa shape index (κ1) is 14.8. The normalized spacial score (nSPS) is 12.5. The Morgan fingerprint density at radius 1 is 0.947 bits per heavy atom. The van der Waals surface area contributed by atoms with Crippen molar-refractivity contribution in [1.29, 1.82) is 0 Å². The van der Waals surface area contributed by atoms with E-state index in [0.29, 0.717) is 4.83 Å². The summed E-state index contributed by atoms with van der Waals surface area (Å²) in [5.74, 6) is 0. The monoisotopic (exact) mass is 380 g/mol. The third kappa shape index (κ3) is 3.70. The smallest absolute Gasteiger partial charge is 0.0446 e. The zero-order valence-corrected chi connectivity index (χ0v) is 14.7. The summed E-state index contributed by atoms with van der Waals surface area (Å²) in [6.07, 6.45) is 1.01. The molecule has 0 aliphatic heterocycles. The van der Waals surface area contributed by atoms with Crippen LogP contribution >= 0.6 is 31.9 Å². The van der Waals surface area contributed by atoms with E-state index in [9.17, 15) is 0 Å². The molecule has 0 fully saturated rings. The van der Waals surface area contributed by atoms with Crippen molar-refractivity contribution >= 4 is 31.9 Å². The standard InChI is InChI=1S/C17H18Br2/c1-11-4-6-13(3)14(8-11)10-17(19)15-9-12(2)5-7-16(15)18/h4-9,17H,10H2,1-3H3. The molecule has 0 nitrogen and oxygen atoms in total. The van der Waals surface area contributed by atoms with E-state index in [1.165, 1.54) is 32.3 Å². The molecule has 0 aliphatic rings. The Morgan fingerprint density at radius 2 is 1.58 bits per heavy atom. The molecule has 0 saturated carbocycles. The average molecular weight is 382 g/mol. The fourth-order valence-corrected chi connectivity index (χ4v) is 3.78. The largest absolute Gasteiger partial charge is 0.0835 e. The molecule has 2 rings (SSSR count). The summed E-state index contributed by atoms with van der Waals surface area (Å²) in [5.41, 5.74) is 6.71. The summed E-state index contributed by atoms with van der Waals surface area (Å²) in [6, 6.07) is 13.2. The van der Waals surface area contributed by atoms with Gasteiger partial charge in [-0.3, -0.25) is 0 Å². The van der Waals surface area contributed by atoms with E-state index in [2.05, 4.69) is 89.0 Å². The van der Waals surface area contributed by atoms with E-state index in [0.717, 1.165) is 6.42 Å². The van der Waals surface area contributed by atoms with Gasteiger partial charge in [0.2, 0.25) is 0 Å². The summed E-state index contributed by atoms with van der Waals surface area (Å²) in [5, 5.41) is 0. The molecular formula is C17H18Br2. The van der Waals surface area contributed by atoms with Crippen molar-refractivity contribution in [2.45, 2.75) is 32.0 Å². The van der Waals surface area contributed by atoms with Crippen molar-refractivity contribution < 1.29 is 0 Å². The summed E-state index contributed by atoms with van der Waals surface area (Å²) < 4.78 is 1.17. The Kier molecular flexibility index (Phi) is 4.86. The molecule has 0 bridgehead atoms. The molecule has 2 aromatic rings. The molecule has 0 heterocycles. The summed E-state index contributed by atoms with van der Waals surface area (Å²) in [7, 11) is 0. The first-order valence-corrected chi connectivity index (χ1v) is 8.14. The molecule has 1 unspecified atom stereocenters. The number of benzene rings is 2. The molecule has 1 atom stereocenters. The van der Waals surface area contributed by atoms with Crippen LogP contribution in [-0.2, 0) is 6.42 Å². The Hall–Kier alpha value is -0.600. The summed E-state index contributed by atoms with van der Waals surface area (Å²) in [4.78, 5) is 0.335. The number of aryl methyl sites for hydroxylation is 3. The van der Waals surface area contributed by atoms with E-state index in [1.54, 1.807) is 0 Å². The van der Waals surface area contributed by atoms with Crippen LogP contribution in [-0.4, -0.2) is 0 Å². The minimum absolute atomic E-state index is 0.335. The van der Waals surface area contributed by atoms with Gasteiger partial charge in [-0.15, -0.1) is 0 Å². The highest BCUT2D eigenvalue weighted by molar-refractivity contribution is 9.11. The Morgan fingerprint density at radius 3 is 2.32 bits per heavy atom. The molecule has 0 radical (unpaired) electrons. The van der Waals surface area contributed by atoms with E-state index in [1.807, 2.05) is 0 Å². The van der Waals surface area contributed by atoms with Gasteiger partial charge in [0.05, 0.1) is 0 Å². The van der Waals surface area contributed by atoms with Crippen molar-refractivity contribution in [1.82, 2.24) is 0 Å². The van der Waals surface area contributed by atoms with Crippen LogP contribution in [0.3, 0.4) is 0 Å². The lowest BCUT2D eigenvalue weighted by atomic mass is 9.98. The van der Waals surface area contributed by atoms with Crippen LogP contribution in [0.15, 0.2) is 40.9 Å². The molecule has 2 aromatic carbocycles. The number of hydrogen-bond acceptors (Lipinski definition) is 0. The Bertz CT molecular complexity index is 588. The summed E-state index contributed by atoms with van der Waals surface area (Å²) >= 11 is 7.48. The molecule has 2 heteroatoms. The topological polar surface area (TPSA) is 0 Å². The van der Waals surface area contributed by atoms with Gasteiger partial charge in [-0.2, -0.15) is 0 Å². The van der Waals surface area contributed by atoms with Crippen LogP contribution in [0.4, 0.5) is 0 Å². The number of hydrogen-bond donors (Lipinski definition) is 0. The minimum atomic E-state index is 0.335. The van der Waals surface area contributed by atoms with Gasteiger partial charge in [-0.1, -0.05) is 73.3 Å². The maximum Gasteiger partial charge on any atom is 0.0446 e. The van der Waals surface area contributed by atoms with Gasteiger partial charge < -0.3 is 0 Å². The van der Waals surface area contributed by atoms with Crippen LogP contribution in [0.1, 0.15) is 32.6 Å². The zero-order chi connectivity index (χ0) is 14.0. The molecule has 0 N–H and O–H groups in total. The quantitative estimate of drug-likeness (QED) is 0.567. The predicted octanol–water partition coefficient (Wildman–Crippen LogP) is 6.05. The molecule has 0 aromatic heterocycles. The van der Waals surface area contributed by atoms with E-state index < -0.39 is 0 Å². The van der Waals surface area contributed by atoms with Gasteiger partial charge >= 0.3 is 0 Å². The second-order valence-corrected chi connectivity index (χ2v) is 7.09. The molecular weight excluding hydrogens is 364 g/mol. The number of rotatable bonds is 3. The minimum Gasteiger partial charge on any atom is -0.0835 e. The molecule has 0 spiro atoms. The maximum atomic E-state index is 3.84. The van der Waals surface area contributed by atoms with Crippen LogP contribution in [0.2, 0.25) is 0 Å². The third-order valence-corrected chi connectivity index (χ3v) is 4.93. The van der Waals surface area contributed by atoms with Crippen molar-refractivity contribution in [3.05, 3.63) is 68.7 Å². The highest BCUT2D eigenvalue weighted by Gasteiger charge is 2.13. The lowest BCUT2D eigenvalue weighted by molar-refractivity contribution is 0.929. The highest BCUT2D eigenvalue weighted by atomic mass is 79.9. The fraction of sp³-hybridized carbons (Fsp3) is 0.294. The van der Waals surface area contributed by atoms with Gasteiger partial charge in [-0.05, 0) is 49.9 Å². The van der Waals surface area contributed by atoms with Crippen LogP contribution in [0.5, 0.6) is 0 Å². The average Bonchev–Trinajstić information content (AvgIpc) is 2.36. The second-order valence-electron chi connectivity index (χ2n) is 5.13. The summed E-state index contributed by atoms with van der Waals surface area (Å²) in [6.45, 7) is 6.46. The van der Waals surface area contributed by atoms with Gasteiger partial charge in [0, 0.05) is 9.30 Å². The molecule has 0 saturated heterocycles. The van der Waals surface area contributed by atoms with Gasteiger partial charge in [-0.25, -0.2) is 0 Å². The fourth-order valence-electron chi connectivity index (χ4n) is 2.23. The van der Waals surface area contributed by atoms with E-state index >= 15 is 0 Å². The number of alkyl halides is 1. The lowest BCUT2D eigenvalue weighted by Gasteiger charge is -2.15. The van der Waals surface area contributed by atoms with Gasteiger partial charge in [0.15, 0.2) is 0 Å². The molecule has 0 aliphatic carbocycles. The Labute approximate surface area is 132 Å². The Balaban J connectivity index is 2.27. The predicted molar refractivity (Wildman–Crippen MR) is 90.2 cm³/mol.